The van der Waals surface area contributed by atoms with Crippen molar-refractivity contribution in [2.45, 2.75) is 25.0 Å². The summed E-state index contributed by atoms with van der Waals surface area (Å²) in [5, 5.41) is 15.1. The fourth-order valence-corrected chi connectivity index (χ4v) is 3.10. The molecule has 0 aliphatic rings. The number of aryl methyl sites for hydroxylation is 1. The molecular formula is C17H19N5O3S. The third-order valence-corrected chi connectivity index (χ3v) is 4.60. The van der Waals surface area contributed by atoms with Crippen LogP contribution in [-0.2, 0) is 4.79 Å². The number of methoxy groups -OCH3 is 1. The minimum absolute atomic E-state index is 0.135. The van der Waals surface area contributed by atoms with Crippen LogP contribution in [0, 0.1) is 6.92 Å². The molecule has 0 radical (unpaired) electrons. The summed E-state index contributed by atoms with van der Waals surface area (Å²) in [6, 6.07) is 9.14. The van der Waals surface area contributed by atoms with Gasteiger partial charge in [-0.15, -0.1) is 5.10 Å². The molecule has 2 aromatic heterocycles. The van der Waals surface area contributed by atoms with Gasteiger partial charge < -0.3 is 14.5 Å². The average Bonchev–Trinajstić information content (AvgIpc) is 3.31. The summed E-state index contributed by atoms with van der Waals surface area (Å²) in [6.45, 7) is 3.84. The van der Waals surface area contributed by atoms with Crippen LogP contribution in [0.3, 0.4) is 0 Å². The lowest BCUT2D eigenvalue weighted by Crippen LogP contribution is -2.28. The summed E-state index contributed by atoms with van der Waals surface area (Å²) in [7, 11) is 1.59. The molecule has 0 aliphatic heterocycles. The van der Waals surface area contributed by atoms with Gasteiger partial charge in [-0.3, -0.25) is 4.79 Å². The van der Waals surface area contributed by atoms with Crippen molar-refractivity contribution < 1.29 is 13.9 Å². The highest BCUT2D eigenvalue weighted by molar-refractivity contribution is 7.99. The maximum atomic E-state index is 12.2. The van der Waals surface area contributed by atoms with E-state index < -0.39 is 0 Å². The summed E-state index contributed by atoms with van der Waals surface area (Å²) in [6.07, 6.45) is 1.58. The molecule has 3 rings (SSSR count). The summed E-state index contributed by atoms with van der Waals surface area (Å²) < 4.78 is 12.2. The van der Waals surface area contributed by atoms with Crippen LogP contribution in [0.2, 0.25) is 0 Å². The molecule has 0 aliphatic carbocycles. The van der Waals surface area contributed by atoms with Gasteiger partial charge in [0, 0.05) is 0 Å². The largest absolute Gasteiger partial charge is 0.494 e. The fourth-order valence-electron chi connectivity index (χ4n) is 2.41. The number of ether oxygens (including phenoxy) is 1. The third-order valence-electron chi connectivity index (χ3n) is 3.68. The summed E-state index contributed by atoms with van der Waals surface area (Å²) in [5.41, 5.74) is 1.78. The Morgan fingerprint density at radius 2 is 2.27 bits per heavy atom. The van der Waals surface area contributed by atoms with E-state index in [1.54, 1.807) is 24.1 Å². The lowest BCUT2D eigenvalue weighted by Gasteiger charge is -2.12. The molecule has 0 fully saturated rings. The number of hydrogen-bond acceptors (Lipinski definition) is 7. The lowest BCUT2D eigenvalue weighted by molar-refractivity contribution is -0.119. The minimum atomic E-state index is -0.203. The van der Waals surface area contributed by atoms with Crippen LogP contribution in [0.15, 0.2) is 46.2 Å². The summed E-state index contributed by atoms with van der Waals surface area (Å²) >= 11 is 1.25. The highest BCUT2D eigenvalue weighted by Crippen LogP contribution is 2.27. The number of hydrogen-bond donors (Lipinski definition) is 1. The van der Waals surface area contributed by atoms with E-state index >= 15 is 0 Å². The van der Waals surface area contributed by atoms with E-state index in [9.17, 15) is 4.79 Å². The molecule has 26 heavy (non-hydrogen) atoms. The zero-order valence-corrected chi connectivity index (χ0v) is 15.5. The van der Waals surface area contributed by atoms with Crippen LogP contribution in [0.5, 0.6) is 5.75 Å². The van der Waals surface area contributed by atoms with Crippen LogP contribution in [0.1, 0.15) is 24.3 Å². The molecule has 2 heterocycles. The van der Waals surface area contributed by atoms with Gasteiger partial charge in [-0.1, -0.05) is 17.8 Å². The molecular weight excluding hydrogens is 354 g/mol. The number of rotatable bonds is 7. The normalized spacial score (nSPS) is 12.0. The second-order valence-corrected chi connectivity index (χ2v) is 6.58. The van der Waals surface area contributed by atoms with E-state index in [1.807, 2.05) is 38.1 Å². The number of tetrazole rings is 1. The topological polar surface area (TPSA) is 95.1 Å². The van der Waals surface area contributed by atoms with Gasteiger partial charge in [-0.2, -0.15) is 4.68 Å². The van der Waals surface area contributed by atoms with Crippen LogP contribution in [0.4, 0.5) is 0 Å². The number of carbonyl (C=O) groups excluding carboxylic acids is 1. The highest BCUT2D eigenvalue weighted by atomic mass is 32.2. The highest BCUT2D eigenvalue weighted by Gasteiger charge is 2.17. The quantitative estimate of drug-likeness (QED) is 0.636. The van der Waals surface area contributed by atoms with Gasteiger partial charge in [0.15, 0.2) is 0 Å². The van der Waals surface area contributed by atoms with E-state index in [4.69, 9.17) is 9.15 Å². The molecule has 0 spiro atoms. The maximum absolute atomic E-state index is 12.2. The van der Waals surface area contributed by atoms with E-state index in [-0.39, 0.29) is 17.7 Å². The number of furan rings is 1. The lowest BCUT2D eigenvalue weighted by atomic mass is 10.2. The fraction of sp³-hybridized carbons (Fsp3) is 0.294. The SMILES string of the molecule is COc1ccc(C)cc1-n1nnnc1SCC(=O)N[C@@H](C)c1ccco1. The first-order chi connectivity index (χ1) is 12.6. The molecule has 1 N–H and O–H groups in total. The van der Waals surface area contributed by atoms with Gasteiger partial charge in [-0.05, 0) is 54.1 Å². The Labute approximate surface area is 154 Å². The van der Waals surface area contributed by atoms with Crippen LogP contribution in [-0.4, -0.2) is 39.0 Å². The van der Waals surface area contributed by atoms with Crippen molar-refractivity contribution in [1.82, 2.24) is 25.5 Å². The van der Waals surface area contributed by atoms with Crippen LogP contribution >= 0.6 is 11.8 Å². The first kappa shape index (κ1) is 18.0. The Balaban J connectivity index is 1.68. The molecule has 3 aromatic rings. The smallest absolute Gasteiger partial charge is 0.231 e. The van der Waals surface area contributed by atoms with Crippen molar-refractivity contribution in [3.05, 3.63) is 47.9 Å². The predicted octanol–water partition coefficient (Wildman–Crippen LogP) is 2.54. The van der Waals surface area contributed by atoms with Crippen molar-refractivity contribution >= 4 is 17.7 Å². The van der Waals surface area contributed by atoms with Crippen molar-refractivity contribution in [2.24, 2.45) is 0 Å². The zero-order chi connectivity index (χ0) is 18.5. The Morgan fingerprint density at radius 3 is 3.00 bits per heavy atom. The van der Waals surface area contributed by atoms with E-state index in [2.05, 4.69) is 20.8 Å². The minimum Gasteiger partial charge on any atom is -0.494 e. The summed E-state index contributed by atoms with van der Waals surface area (Å²) in [5.74, 6) is 1.41. The molecule has 1 atom stereocenters. The number of benzene rings is 1. The average molecular weight is 373 g/mol. The first-order valence-corrected chi connectivity index (χ1v) is 8.96. The third kappa shape index (κ3) is 4.05. The van der Waals surface area contributed by atoms with Crippen molar-refractivity contribution in [2.75, 3.05) is 12.9 Å². The number of nitrogens with zero attached hydrogens (tertiary/aromatic N) is 4. The number of carbonyl (C=O) groups is 1. The Morgan fingerprint density at radius 1 is 1.42 bits per heavy atom. The molecule has 0 saturated carbocycles. The zero-order valence-electron chi connectivity index (χ0n) is 14.7. The van der Waals surface area contributed by atoms with Gasteiger partial charge in [-0.25, -0.2) is 0 Å². The predicted molar refractivity (Wildman–Crippen MR) is 96.4 cm³/mol. The van der Waals surface area contributed by atoms with Crippen molar-refractivity contribution in [1.29, 1.82) is 0 Å². The number of thioether (sulfide) groups is 1. The molecule has 8 nitrogen and oxygen atoms in total. The number of amides is 1. The van der Waals surface area contributed by atoms with Gasteiger partial charge in [0.25, 0.3) is 0 Å². The second kappa shape index (κ2) is 8.05. The second-order valence-electron chi connectivity index (χ2n) is 5.64. The maximum Gasteiger partial charge on any atom is 0.231 e. The molecule has 0 saturated heterocycles. The molecule has 1 aromatic carbocycles. The number of nitrogens with one attached hydrogen (secondary N) is 1. The van der Waals surface area contributed by atoms with Gasteiger partial charge >= 0.3 is 0 Å². The number of aromatic nitrogens is 4. The van der Waals surface area contributed by atoms with E-state index in [0.29, 0.717) is 16.7 Å². The van der Waals surface area contributed by atoms with Crippen molar-refractivity contribution in [3.8, 4) is 11.4 Å². The van der Waals surface area contributed by atoms with Gasteiger partial charge in [0.1, 0.15) is 17.2 Å². The molecule has 0 unspecified atom stereocenters. The monoisotopic (exact) mass is 373 g/mol. The van der Waals surface area contributed by atoms with Gasteiger partial charge in [0.05, 0.1) is 25.2 Å². The van der Waals surface area contributed by atoms with Crippen molar-refractivity contribution in [3.63, 3.8) is 0 Å². The standard InChI is InChI=1S/C17H19N5O3S/c1-11-6-7-15(24-3)13(9-11)22-17(19-20-21-22)26-10-16(23)18-12(2)14-5-4-8-25-14/h4-9,12H,10H2,1-3H3,(H,18,23)/t12-/m0/s1. The van der Waals surface area contributed by atoms with E-state index in [1.165, 1.54) is 11.8 Å². The molecule has 9 heteroatoms. The molecule has 136 valence electrons. The Kier molecular flexibility index (Phi) is 5.57. The Bertz CT molecular complexity index is 878. The first-order valence-electron chi connectivity index (χ1n) is 7.97. The van der Waals surface area contributed by atoms with Crippen LogP contribution in [0.25, 0.3) is 5.69 Å². The molecule has 0 bridgehead atoms. The van der Waals surface area contributed by atoms with E-state index in [0.717, 1.165) is 11.3 Å². The summed E-state index contributed by atoms with van der Waals surface area (Å²) in [4.78, 5) is 12.2. The molecule has 1 amide bonds. The van der Waals surface area contributed by atoms with Crippen LogP contribution < -0.4 is 10.1 Å². The van der Waals surface area contributed by atoms with Gasteiger partial charge in [0.2, 0.25) is 11.1 Å². The Hall–Kier alpha value is -2.81.